The van der Waals surface area contributed by atoms with Crippen LogP contribution in [-0.4, -0.2) is 20.6 Å². The SMILES string of the molecule is CCC(c1ccc(F)cc1)N(Cc1cccc(F)c1)C(=O)Cn1ncc(=O)c2ccccc21. The predicted molar refractivity (Wildman–Crippen MR) is 122 cm³/mol. The molecule has 1 aromatic heterocycles. The molecule has 0 radical (unpaired) electrons. The lowest BCUT2D eigenvalue weighted by Crippen LogP contribution is -2.37. The largest absolute Gasteiger partial charge is 0.330 e. The lowest BCUT2D eigenvalue weighted by atomic mass is 10.0. The van der Waals surface area contributed by atoms with E-state index in [1.165, 1.54) is 35.1 Å². The van der Waals surface area contributed by atoms with Crippen molar-refractivity contribution in [2.75, 3.05) is 0 Å². The number of nitrogens with zero attached hydrogens (tertiary/aromatic N) is 3. The normalized spacial score (nSPS) is 12.0. The van der Waals surface area contributed by atoms with Gasteiger partial charge in [0.2, 0.25) is 11.3 Å². The van der Waals surface area contributed by atoms with Crippen LogP contribution in [0.25, 0.3) is 10.9 Å². The fraction of sp³-hybridized carbons (Fsp3) is 0.192. The minimum atomic E-state index is -0.386. The summed E-state index contributed by atoms with van der Waals surface area (Å²) in [5.74, 6) is -1.000. The molecular weight excluding hydrogens is 424 g/mol. The number of benzene rings is 3. The second-order valence-electron chi connectivity index (χ2n) is 7.81. The number of carbonyl (C=O) groups excluding carboxylic acids is 1. The zero-order valence-corrected chi connectivity index (χ0v) is 18.1. The van der Waals surface area contributed by atoms with E-state index in [0.29, 0.717) is 22.9 Å². The molecule has 5 nitrogen and oxygen atoms in total. The van der Waals surface area contributed by atoms with Crippen molar-refractivity contribution in [1.29, 1.82) is 0 Å². The Bertz CT molecular complexity index is 1340. The average Bonchev–Trinajstić information content (AvgIpc) is 2.82. The summed E-state index contributed by atoms with van der Waals surface area (Å²) in [6.45, 7) is 2.01. The molecule has 0 bridgehead atoms. The van der Waals surface area contributed by atoms with Crippen LogP contribution >= 0.6 is 0 Å². The Balaban J connectivity index is 1.72. The lowest BCUT2D eigenvalue weighted by Gasteiger charge is -2.32. The monoisotopic (exact) mass is 447 g/mol. The quantitative estimate of drug-likeness (QED) is 0.407. The summed E-state index contributed by atoms with van der Waals surface area (Å²) < 4.78 is 28.8. The molecule has 0 saturated heterocycles. The third kappa shape index (κ3) is 4.98. The number of amides is 1. The molecule has 0 fully saturated rings. The maximum atomic E-state index is 13.8. The van der Waals surface area contributed by atoms with Crippen molar-refractivity contribution in [2.45, 2.75) is 32.5 Å². The fourth-order valence-electron chi connectivity index (χ4n) is 4.03. The zero-order chi connectivity index (χ0) is 23.4. The molecule has 0 aliphatic carbocycles. The van der Waals surface area contributed by atoms with E-state index in [1.54, 1.807) is 53.4 Å². The molecule has 1 amide bonds. The van der Waals surface area contributed by atoms with Gasteiger partial charge in [-0.15, -0.1) is 0 Å². The van der Waals surface area contributed by atoms with E-state index < -0.39 is 0 Å². The molecule has 33 heavy (non-hydrogen) atoms. The standard InChI is InChI=1S/C26H23F2N3O2/c1-2-23(19-10-12-20(27)13-11-19)30(16-18-6-5-7-21(28)14-18)26(33)17-31-24-9-4-3-8-22(24)25(32)15-29-31/h3-15,23H,2,16-17H2,1H3. The third-order valence-corrected chi connectivity index (χ3v) is 5.63. The molecule has 4 rings (SSSR count). The maximum Gasteiger partial charge on any atom is 0.245 e. The highest BCUT2D eigenvalue weighted by atomic mass is 19.1. The van der Waals surface area contributed by atoms with Crippen molar-refractivity contribution in [3.05, 3.63) is 112 Å². The van der Waals surface area contributed by atoms with E-state index >= 15 is 0 Å². The minimum absolute atomic E-state index is 0.103. The minimum Gasteiger partial charge on any atom is -0.330 e. The van der Waals surface area contributed by atoms with Gasteiger partial charge in [-0.25, -0.2) is 8.78 Å². The maximum absolute atomic E-state index is 13.8. The van der Waals surface area contributed by atoms with Crippen LogP contribution in [0.5, 0.6) is 0 Å². The molecule has 0 aliphatic heterocycles. The van der Waals surface area contributed by atoms with Gasteiger partial charge in [-0.05, 0) is 53.9 Å². The first-order chi connectivity index (χ1) is 16.0. The third-order valence-electron chi connectivity index (χ3n) is 5.63. The smallest absolute Gasteiger partial charge is 0.245 e. The highest BCUT2D eigenvalue weighted by Crippen LogP contribution is 2.27. The Morgan fingerprint density at radius 1 is 1.00 bits per heavy atom. The van der Waals surface area contributed by atoms with Gasteiger partial charge in [-0.1, -0.05) is 43.3 Å². The summed E-state index contributed by atoms with van der Waals surface area (Å²) in [6, 6.07) is 18.8. The molecule has 3 aromatic carbocycles. The molecule has 0 spiro atoms. The van der Waals surface area contributed by atoms with Crippen molar-refractivity contribution >= 4 is 16.8 Å². The number of rotatable bonds is 7. The Morgan fingerprint density at radius 3 is 2.48 bits per heavy atom. The molecule has 7 heteroatoms. The Hall–Kier alpha value is -3.87. The molecule has 4 aromatic rings. The van der Waals surface area contributed by atoms with Gasteiger partial charge in [0.15, 0.2) is 0 Å². The molecule has 1 atom stereocenters. The van der Waals surface area contributed by atoms with Gasteiger partial charge >= 0.3 is 0 Å². The summed E-state index contributed by atoms with van der Waals surface area (Å²) in [6.07, 6.45) is 1.77. The van der Waals surface area contributed by atoms with Crippen molar-refractivity contribution in [3.8, 4) is 0 Å². The van der Waals surface area contributed by atoms with Crippen LogP contribution < -0.4 is 5.43 Å². The molecular formula is C26H23F2N3O2. The highest BCUT2D eigenvalue weighted by molar-refractivity contribution is 5.81. The first-order valence-corrected chi connectivity index (χ1v) is 10.7. The van der Waals surface area contributed by atoms with Crippen LogP contribution in [0.1, 0.15) is 30.5 Å². The number of halogens is 2. The van der Waals surface area contributed by atoms with Crippen LogP contribution in [0.2, 0.25) is 0 Å². The van der Waals surface area contributed by atoms with Crippen LogP contribution in [0, 0.1) is 11.6 Å². The summed E-state index contributed by atoms with van der Waals surface area (Å²) in [5.41, 5.74) is 1.76. The van der Waals surface area contributed by atoms with Crippen molar-refractivity contribution in [3.63, 3.8) is 0 Å². The van der Waals surface area contributed by atoms with Crippen molar-refractivity contribution < 1.29 is 13.6 Å². The molecule has 0 aliphatic rings. The number of hydrogen-bond acceptors (Lipinski definition) is 3. The molecule has 0 saturated carbocycles. The first-order valence-electron chi connectivity index (χ1n) is 10.7. The summed E-state index contributed by atoms with van der Waals surface area (Å²) in [5, 5.41) is 4.64. The van der Waals surface area contributed by atoms with Crippen molar-refractivity contribution in [2.24, 2.45) is 0 Å². The van der Waals surface area contributed by atoms with Crippen LogP contribution in [0.3, 0.4) is 0 Å². The number of carbonyl (C=O) groups is 1. The highest BCUT2D eigenvalue weighted by Gasteiger charge is 2.25. The molecule has 1 heterocycles. The number of para-hydroxylation sites is 1. The van der Waals surface area contributed by atoms with E-state index in [4.69, 9.17) is 0 Å². The van der Waals surface area contributed by atoms with E-state index in [9.17, 15) is 18.4 Å². The molecule has 168 valence electrons. The Labute approximate surface area is 189 Å². The first kappa shape index (κ1) is 22.3. The van der Waals surface area contributed by atoms with Gasteiger partial charge in [-0.2, -0.15) is 5.10 Å². The fourth-order valence-corrected chi connectivity index (χ4v) is 4.03. The Kier molecular flexibility index (Phi) is 6.58. The van der Waals surface area contributed by atoms with Gasteiger partial charge in [-0.3, -0.25) is 14.3 Å². The van der Waals surface area contributed by atoms with E-state index in [2.05, 4.69) is 5.10 Å². The van der Waals surface area contributed by atoms with E-state index in [0.717, 1.165) is 5.56 Å². The number of fused-ring (bicyclic) bond motifs is 1. The van der Waals surface area contributed by atoms with Crippen LogP contribution in [0.15, 0.2) is 83.8 Å². The summed E-state index contributed by atoms with van der Waals surface area (Å²) in [7, 11) is 0. The summed E-state index contributed by atoms with van der Waals surface area (Å²) in [4.78, 5) is 27.4. The lowest BCUT2D eigenvalue weighted by molar-refractivity contribution is -0.135. The van der Waals surface area contributed by atoms with Gasteiger partial charge in [0.05, 0.1) is 17.8 Å². The van der Waals surface area contributed by atoms with Crippen LogP contribution in [0.4, 0.5) is 8.78 Å². The second kappa shape index (κ2) is 9.73. The van der Waals surface area contributed by atoms with Gasteiger partial charge in [0.1, 0.15) is 18.2 Å². The summed E-state index contributed by atoms with van der Waals surface area (Å²) >= 11 is 0. The average molecular weight is 447 g/mol. The predicted octanol–water partition coefficient (Wildman–Crippen LogP) is 4.85. The molecule has 1 unspecified atom stereocenters. The molecule has 0 N–H and O–H groups in total. The van der Waals surface area contributed by atoms with Gasteiger partial charge < -0.3 is 4.90 Å². The van der Waals surface area contributed by atoms with E-state index in [1.807, 2.05) is 6.92 Å². The zero-order valence-electron chi connectivity index (χ0n) is 18.1. The number of hydrogen-bond donors (Lipinski definition) is 0. The second-order valence-corrected chi connectivity index (χ2v) is 7.81. The van der Waals surface area contributed by atoms with Crippen LogP contribution in [-0.2, 0) is 17.9 Å². The Morgan fingerprint density at radius 2 is 1.76 bits per heavy atom. The number of aromatic nitrogens is 2. The van der Waals surface area contributed by atoms with E-state index in [-0.39, 0.29) is 42.1 Å². The topological polar surface area (TPSA) is 55.2 Å². The van der Waals surface area contributed by atoms with Gasteiger partial charge in [0.25, 0.3) is 0 Å². The van der Waals surface area contributed by atoms with Crippen molar-refractivity contribution in [1.82, 2.24) is 14.7 Å². The van der Waals surface area contributed by atoms with Gasteiger partial charge in [0, 0.05) is 11.9 Å².